The van der Waals surface area contributed by atoms with Gasteiger partial charge in [0.25, 0.3) is 5.91 Å². The van der Waals surface area contributed by atoms with Crippen molar-refractivity contribution in [3.63, 3.8) is 0 Å². The first-order chi connectivity index (χ1) is 16.3. The van der Waals surface area contributed by atoms with Gasteiger partial charge in [-0.3, -0.25) is 9.59 Å². The van der Waals surface area contributed by atoms with Crippen LogP contribution in [-0.2, 0) is 9.59 Å². The van der Waals surface area contributed by atoms with Crippen LogP contribution in [0.15, 0.2) is 66.7 Å². The van der Waals surface area contributed by atoms with E-state index in [9.17, 15) is 14.4 Å². The quantitative estimate of drug-likeness (QED) is 0.457. The number of likely N-dealkylation sites (tertiary alicyclic amines) is 1. The molecule has 1 fully saturated rings. The van der Waals surface area contributed by atoms with Gasteiger partial charge < -0.3 is 26.2 Å². The number of anilines is 1. The number of primary amides is 1. The van der Waals surface area contributed by atoms with Gasteiger partial charge in [0.1, 0.15) is 28.6 Å². The number of ether oxygens (including phenoxy) is 1. The largest absolute Gasteiger partial charge is 0.478 e. The van der Waals surface area contributed by atoms with Crippen LogP contribution in [0.4, 0.5) is 5.82 Å². The summed E-state index contributed by atoms with van der Waals surface area (Å²) >= 11 is 0. The highest BCUT2D eigenvalue weighted by Crippen LogP contribution is 2.33. The Kier molecular flexibility index (Phi) is 6.30. The van der Waals surface area contributed by atoms with Crippen molar-refractivity contribution in [3.05, 3.63) is 72.3 Å². The first-order valence-corrected chi connectivity index (χ1v) is 10.5. The second-order valence-electron chi connectivity index (χ2n) is 7.76. The maximum Gasteiger partial charge on any atom is 0.328 e. The van der Waals surface area contributed by atoms with E-state index < -0.39 is 17.8 Å². The summed E-state index contributed by atoms with van der Waals surface area (Å²) in [7, 11) is 0. The number of carbonyl (C=O) groups excluding carboxylic acids is 2. The third-order valence-corrected chi connectivity index (χ3v) is 5.49. The molecule has 0 radical (unpaired) electrons. The molecule has 174 valence electrons. The summed E-state index contributed by atoms with van der Waals surface area (Å²) in [5.41, 5.74) is 12.9. The van der Waals surface area contributed by atoms with Gasteiger partial charge >= 0.3 is 5.97 Å². The van der Waals surface area contributed by atoms with E-state index in [1.165, 1.54) is 9.58 Å². The molecule has 0 saturated carbocycles. The van der Waals surface area contributed by atoms with Crippen LogP contribution in [0, 0.1) is 0 Å². The van der Waals surface area contributed by atoms with E-state index in [1.54, 1.807) is 24.3 Å². The topological polar surface area (TPSA) is 154 Å². The molecule has 1 aliphatic heterocycles. The van der Waals surface area contributed by atoms with E-state index >= 15 is 0 Å². The third kappa shape index (κ3) is 4.75. The molecule has 1 saturated heterocycles. The molecule has 34 heavy (non-hydrogen) atoms. The van der Waals surface area contributed by atoms with Crippen molar-refractivity contribution in [2.45, 2.75) is 12.5 Å². The molecule has 3 aromatic rings. The van der Waals surface area contributed by atoms with Gasteiger partial charge in [-0.15, -0.1) is 0 Å². The van der Waals surface area contributed by atoms with Crippen LogP contribution >= 0.6 is 0 Å². The molecule has 0 unspecified atom stereocenters. The zero-order valence-corrected chi connectivity index (χ0v) is 18.1. The fourth-order valence-corrected chi connectivity index (χ4v) is 3.87. The number of rotatable bonds is 7. The van der Waals surface area contributed by atoms with Crippen molar-refractivity contribution < 1.29 is 24.2 Å². The standard InChI is InChI=1S/C24H23N5O5/c25-23-21(24(26)33)22(15-6-8-18(9-7-15)34-17-4-2-1-3-5-17)27-29(23)16-12-13-28(14-16)19(30)10-11-20(31)32/h1-11,16H,12-14,25H2,(H2,26,33)(H,31,32)/b11-10+/t16-/m1/s1. The molecular formula is C24H23N5O5. The number of benzene rings is 2. The predicted molar refractivity (Wildman–Crippen MR) is 124 cm³/mol. The first-order valence-electron chi connectivity index (χ1n) is 10.5. The highest BCUT2D eigenvalue weighted by atomic mass is 16.5. The number of nitrogen functional groups attached to an aromatic ring is 1. The Bertz CT molecular complexity index is 1250. The number of hydrogen-bond donors (Lipinski definition) is 3. The molecule has 4 rings (SSSR count). The molecule has 2 heterocycles. The fraction of sp³-hybridized carbons (Fsp3) is 0.167. The third-order valence-electron chi connectivity index (χ3n) is 5.49. The lowest BCUT2D eigenvalue weighted by molar-refractivity contribution is -0.132. The van der Waals surface area contributed by atoms with Crippen molar-refractivity contribution in [3.8, 4) is 22.8 Å². The second kappa shape index (κ2) is 9.49. The Morgan fingerprint density at radius 3 is 2.35 bits per heavy atom. The normalized spacial score (nSPS) is 15.5. The van der Waals surface area contributed by atoms with Gasteiger partial charge in [-0.1, -0.05) is 18.2 Å². The highest BCUT2D eigenvalue weighted by molar-refractivity contribution is 6.03. The summed E-state index contributed by atoms with van der Waals surface area (Å²) in [6.07, 6.45) is 2.35. The van der Waals surface area contributed by atoms with Crippen LogP contribution in [0.5, 0.6) is 11.5 Å². The van der Waals surface area contributed by atoms with E-state index in [-0.39, 0.29) is 24.0 Å². The average Bonchev–Trinajstić information content (AvgIpc) is 3.43. The Balaban J connectivity index is 1.57. The van der Waals surface area contributed by atoms with Gasteiger partial charge in [0, 0.05) is 30.8 Å². The molecular weight excluding hydrogens is 438 g/mol. The highest BCUT2D eigenvalue weighted by Gasteiger charge is 2.31. The Morgan fingerprint density at radius 1 is 1.03 bits per heavy atom. The van der Waals surface area contributed by atoms with Crippen molar-refractivity contribution in [1.29, 1.82) is 0 Å². The van der Waals surface area contributed by atoms with Crippen LogP contribution in [0.3, 0.4) is 0 Å². The molecule has 1 aliphatic rings. The molecule has 1 aromatic heterocycles. The van der Waals surface area contributed by atoms with Crippen molar-refractivity contribution in [2.75, 3.05) is 18.8 Å². The molecule has 2 amide bonds. The van der Waals surface area contributed by atoms with Crippen LogP contribution in [0.2, 0.25) is 0 Å². The Labute approximate surface area is 195 Å². The van der Waals surface area contributed by atoms with Crippen LogP contribution in [-0.4, -0.2) is 50.7 Å². The number of nitrogens with zero attached hydrogens (tertiary/aromatic N) is 3. The fourth-order valence-electron chi connectivity index (χ4n) is 3.87. The summed E-state index contributed by atoms with van der Waals surface area (Å²) in [6.45, 7) is 0.676. The zero-order chi connectivity index (χ0) is 24.2. The average molecular weight is 461 g/mol. The lowest BCUT2D eigenvalue weighted by atomic mass is 10.1. The van der Waals surface area contributed by atoms with E-state index in [4.69, 9.17) is 21.3 Å². The number of nitrogens with two attached hydrogens (primary N) is 2. The summed E-state index contributed by atoms with van der Waals surface area (Å²) in [5, 5.41) is 13.3. The summed E-state index contributed by atoms with van der Waals surface area (Å²) < 4.78 is 7.32. The summed E-state index contributed by atoms with van der Waals surface area (Å²) in [6, 6.07) is 16.1. The number of aromatic nitrogens is 2. The van der Waals surface area contributed by atoms with Gasteiger partial charge in [0.05, 0.1) is 6.04 Å². The van der Waals surface area contributed by atoms with Crippen LogP contribution < -0.4 is 16.2 Å². The minimum absolute atomic E-state index is 0.104. The lowest BCUT2D eigenvalue weighted by Gasteiger charge is -2.15. The van der Waals surface area contributed by atoms with Crippen molar-refractivity contribution >= 4 is 23.6 Å². The van der Waals surface area contributed by atoms with Crippen LogP contribution in [0.25, 0.3) is 11.3 Å². The minimum Gasteiger partial charge on any atom is -0.478 e. The summed E-state index contributed by atoms with van der Waals surface area (Å²) in [4.78, 5) is 36.6. The number of hydrogen-bond acceptors (Lipinski definition) is 6. The molecule has 5 N–H and O–H groups in total. The van der Waals surface area contributed by atoms with Gasteiger partial charge in [0.15, 0.2) is 0 Å². The smallest absolute Gasteiger partial charge is 0.328 e. The van der Waals surface area contributed by atoms with E-state index in [1.807, 2.05) is 30.3 Å². The first kappa shape index (κ1) is 22.6. The molecule has 10 nitrogen and oxygen atoms in total. The second-order valence-corrected chi connectivity index (χ2v) is 7.76. The monoisotopic (exact) mass is 461 g/mol. The lowest BCUT2D eigenvalue weighted by Crippen LogP contribution is -2.28. The van der Waals surface area contributed by atoms with Gasteiger partial charge in [-0.25, -0.2) is 9.48 Å². The Hall–Kier alpha value is -4.60. The van der Waals surface area contributed by atoms with Gasteiger partial charge in [-0.2, -0.15) is 5.10 Å². The van der Waals surface area contributed by atoms with E-state index in [0.717, 1.165) is 12.2 Å². The molecule has 0 aliphatic carbocycles. The Morgan fingerprint density at radius 2 is 1.71 bits per heavy atom. The number of carboxylic acids is 1. The predicted octanol–water partition coefficient (Wildman–Crippen LogP) is 2.44. The van der Waals surface area contributed by atoms with Crippen molar-refractivity contribution in [2.24, 2.45) is 5.73 Å². The molecule has 0 spiro atoms. The van der Waals surface area contributed by atoms with E-state index in [0.29, 0.717) is 35.7 Å². The van der Waals surface area contributed by atoms with Gasteiger partial charge in [-0.05, 0) is 42.8 Å². The number of aliphatic carboxylic acids is 1. The number of carbonyl (C=O) groups is 3. The number of para-hydroxylation sites is 1. The maximum atomic E-state index is 12.2. The molecule has 0 bridgehead atoms. The minimum atomic E-state index is -1.20. The van der Waals surface area contributed by atoms with Crippen molar-refractivity contribution in [1.82, 2.24) is 14.7 Å². The molecule has 2 aromatic carbocycles. The molecule has 10 heteroatoms. The molecule has 1 atom stereocenters. The summed E-state index contributed by atoms with van der Waals surface area (Å²) in [5.74, 6) is -0.898. The zero-order valence-electron chi connectivity index (χ0n) is 18.1. The number of carboxylic acid groups (broad SMARTS) is 1. The SMILES string of the molecule is NC(=O)c1c(-c2ccc(Oc3ccccc3)cc2)nn([C@@H]2CCN(C(=O)/C=C/C(=O)O)C2)c1N. The van der Waals surface area contributed by atoms with Crippen LogP contribution in [0.1, 0.15) is 22.8 Å². The van der Waals surface area contributed by atoms with Gasteiger partial charge in [0.2, 0.25) is 5.91 Å². The van der Waals surface area contributed by atoms with E-state index in [2.05, 4.69) is 5.10 Å². The maximum absolute atomic E-state index is 12.2. The number of amides is 2.